The summed E-state index contributed by atoms with van der Waals surface area (Å²) in [5, 5.41) is 17.9. The number of hydrogen-bond donors (Lipinski definition) is 3. The van der Waals surface area contributed by atoms with Gasteiger partial charge in [-0.15, -0.1) is 11.3 Å². The van der Waals surface area contributed by atoms with Crippen LogP contribution in [-0.4, -0.2) is 35.8 Å². The first-order chi connectivity index (χ1) is 9.13. The number of aliphatic hydroxyl groups is 1. The Bertz CT molecular complexity index is 429. The number of thiazole rings is 1. The maximum absolute atomic E-state index is 11.5. The van der Waals surface area contributed by atoms with Gasteiger partial charge in [0.2, 0.25) is 0 Å². The van der Waals surface area contributed by atoms with Crippen LogP contribution in [0.2, 0.25) is 0 Å². The minimum absolute atomic E-state index is 0.0320. The Kier molecular flexibility index (Phi) is 4.76. The number of nitrogens with zero attached hydrogens (tertiary/aromatic N) is 1. The summed E-state index contributed by atoms with van der Waals surface area (Å²) in [6.45, 7) is 3.37. The number of aryl methyl sites for hydroxylation is 2. The van der Waals surface area contributed by atoms with E-state index in [1.807, 2.05) is 12.3 Å². The first kappa shape index (κ1) is 14.3. The lowest BCUT2D eigenvalue weighted by molar-refractivity contribution is 0.203. The molecule has 0 bridgehead atoms. The van der Waals surface area contributed by atoms with Gasteiger partial charge in [-0.3, -0.25) is 0 Å². The molecule has 0 unspecified atom stereocenters. The largest absolute Gasteiger partial charge is 0.396 e. The van der Waals surface area contributed by atoms with Gasteiger partial charge in [0, 0.05) is 36.0 Å². The van der Waals surface area contributed by atoms with Crippen molar-refractivity contribution in [3.63, 3.8) is 0 Å². The molecule has 1 fully saturated rings. The topological polar surface area (TPSA) is 74.2 Å². The molecule has 1 saturated carbocycles. The smallest absolute Gasteiger partial charge is 0.314 e. The lowest BCUT2D eigenvalue weighted by atomic mass is 10.1. The van der Waals surface area contributed by atoms with Gasteiger partial charge in [0.25, 0.3) is 0 Å². The highest BCUT2D eigenvalue weighted by atomic mass is 32.1. The van der Waals surface area contributed by atoms with Gasteiger partial charge < -0.3 is 15.7 Å². The van der Waals surface area contributed by atoms with E-state index >= 15 is 0 Å². The highest BCUT2D eigenvalue weighted by Crippen LogP contribution is 2.44. The zero-order valence-electron chi connectivity index (χ0n) is 11.2. The molecule has 0 aromatic carbocycles. The first-order valence-electron chi connectivity index (χ1n) is 6.67. The molecule has 0 radical (unpaired) electrons. The molecule has 1 heterocycles. The standard InChI is InChI=1S/C13H21N3O2S/c1-10-7-19-11(16-10)3-2-6-14-12(18)15-8-13(9-17)4-5-13/h7,17H,2-6,8-9H2,1H3,(H2,14,15,18). The summed E-state index contributed by atoms with van der Waals surface area (Å²) >= 11 is 1.67. The molecule has 5 nitrogen and oxygen atoms in total. The molecule has 6 heteroatoms. The molecule has 1 aromatic rings. The van der Waals surface area contributed by atoms with Crippen molar-refractivity contribution in [2.24, 2.45) is 5.41 Å². The molecule has 0 aliphatic heterocycles. The van der Waals surface area contributed by atoms with E-state index in [9.17, 15) is 4.79 Å². The summed E-state index contributed by atoms with van der Waals surface area (Å²) < 4.78 is 0. The molecule has 0 atom stereocenters. The number of hydrogen-bond acceptors (Lipinski definition) is 4. The van der Waals surface area contributed by atoms with E-state index in [-0.39, 0.29) is 18.1 Å². The van der Waals surface area contributed by atoms with Gasteiger partial charge in [-0.05, 0) is 26.2 Å². The van der Waals surface area contributed by atoms with Gasteiger partial charge in [-0.1, -0.05) is 0 Å². The molecule has 106 valence electrons. The van der Waals surface area contributed by atoms with E-state index in [4.69, 9.17) is 5.11 Å². The number of urea groups is 1. The lowest BCUT2D eigenvalue weighted by Crippen LogP contribution is -2.40. The van der Waals surface area contributed by atoms with Crippen LogP contribution in [0.25, 0.3) is 0 Å². The van der Waals surface area contributed by atoms with Crippen molar-refractivity contribution in [2.75, 3.05) is 19.7 Å². The van der Waals surface area contributed by atoms with Crippen molar-refractivity contribution in [3.05, 3.63) is 16.1 Å². The lowest BCUT2D eigenvalue weighted by Gasteiger charge is -2.13. The SMILES string of the molecule is Cc1csc(CCCNC(=O)NCC2(CO)CC2)n1. The fraction of sp³-hybridized carbons (Fsp3) is 0.692. The Balaban J connectivity index is 1.54. The molecule has 3 N–H and O–H groups in total. The normalized spacial score (nSPS) is 16.1. The number of amides is 2. The molecule has 19 heavy (non-hydrogen) atoms. The Morgan fingerprint density at radius 2 is 2.32 bits per heavy atom. The van der Waals surface area contributed by atoms with Crippen LogP contribution in [0.4, 0.5) is 4.79 Å². The highest BCUT2D eigenvalue weighted by molar-refractivity contribution is 7.09. The van der Waals surface area contributed by atoms with Crippen LogP contribution in [0, 0.1) is 12.3 Å². The van der Waals surface area contributed by atoms with Crippen LogP contribution in [0.1, 0.15) is 30.0 Å². The van der Waals surface area contributed by atoms with Gasteiger partial charge in [0.05, 0.1) is 11.6 Å². The molecular formula is C13H21N3O2S. The Labute approximate surface area is 117 Å². The summed E-state index contributed by atoms with van der Waals surface area (Å²) in [5.74, 6) is 0. The Morgan fingerprint density at radius 3 is 2.89 bits per heavy atom. The third-order valence-electron chi connectivity index (χ3n) is 3.44. The third kappa shape index (κ3) is 4.47. The second kappa shape index (κ2) is 6.34. The average Bonchev–Trinajstić information content (AvgIpc) is 3.08. The second-order valence-corrected chi connectivity index (χ2v) is 6.20. The summed E-state index contributed by atoms with van der Waals surface area (Å²) in [5.41, 5.74) is 1.03. The Hall–Kier alpha value is -1.14. The molecule has 2 rings (SSSR count). The average molecular weight is 283 g/mol. The zero-order chi connectivity index (χ0) is 13.7. The molecule has 0 spiro atoms. The van der Waals surface area contributed by atoms with Crippen molar-refractivity contribution in [3.8, 4) is 0 Å². The maximum atomic E-state index is 11.5. The fourth-order valence-corrected chi connectivity index (χ4v) is 2.68. The molecule has 1 aliphatic rings. The monoisotopic (exact) mass is 283 g/mol. The van der Waals surface area contributed by atoms with Crippen molar-refractivity contribution in [1.29, 1.82) is 0 Å². The minimum Gasteiger partial charge on any atom is -0.396 e. The van der Waals surface area contributed by atoms with Gasteiger partial charge >= 0.3 is 6.03 Å². The summed E-state index contributed by atoms with van der Waals surface area (Å²) in [6.07, 6.45) is 3.81. The summed E-state index contributed by atoms with van der Waals surface area (Å²) in [6, 6.07) is -0.143. The van der Waals surface area contributed by atoms with E-state index in [1.54, 1.807) is 11.3 Å². The molecular weight excluding hydrogens is 262 g/mol. The van der Waals surface area contributed by atoms with E-state index in [0.717, 1.165) is 36.4 Å². The van der Waals surface area contributed by atoms with Gasteiger partial charge in [0.15, 0.2) is 0 Å². The van der Waals surface area contributed by atoms with Crippen molar-refractivity contribution >= 4 is 17.4 Å². The van der Waals surface area contributed by atoms with E-state index in [1.165, 1.54) is 0 Å². The van der Waals surface area contributed by atoms with Crippen LogP contribution in [0.5, 0.6) is 0 Å². The second-order valence-electron chi connectivity index (χ2n) is 5.25. The van der Waals surface area contributed by atoms with Crippen LogP contribution in [0.15, 0.2) is 5.38 Å². The van der Waals surface area contributed by atoms with Crippen LogP contribution >= 0.6 is 11.3 Å². The number of aliphatic hydroxyl groups excluding tert-OH is 1. The maximum Gasteiger partial charge on any atom is 0.314 e. The number of carbonyl (C=O) groups is 1. The van der Waals surface area contributed by atoms with E-state index < -0.39 is 0 Å². The highest BCUT2D eigenvalue weighted by Gasteiger charge is 2.41. The summed E-state index contributed by atoms with van der Waals surface area (Å²) in [7, 11) is 0. The third-order valence-corrected chi connectivity index (χ3v) is 4.46. The molecule has 0 saturated heterocycles. The first-order valence-corrected chi connectivity index (χ1v) is 7.55. The Morgan fingerprint density at radius 1 is 1.53 bits per heavy atom. The van der Waals surface area contributed by atoms with Crippen LogP contribution in [0.3, 0.4) is 0 Å². The molecule has 1 aliphatic carbocycles. The fourth-order valence-electron chi connectivity index (χ4n) is 1.86. The number of aromatic nitrogens is 1. The zero-order valence-corrected chi connectivity index (χ0v) is 12.1. The minimum atomic E-state index is -0.143. The van der Waals surface area contributed by atoms with Gasteiger partial charge in [-0.2, -0.15) is 0 Å². The van der Waals surface area contributed by atoms with Crippen molar-refractivity contribution < 1.29 is 9.90 Å². The van der Waals surface area contributed by atoms with Crippen LogP contribution in [-0.2, 0) is 6.42 Å². The predicted molar refractivity (Wildman–Crippen MR) is 75.3 cm³/mol. The predicted octanol–water partition coefficient (Wildman–Crippen LogP) is 1.46. The number of carbonyl (C=O) groups excluding carboxylic acids is 1. The van der Waals surface area contributed by atoms with Crippen molar-refractivity contribution in [2.45, 2.75) is 32.6 Å². The van der Waals surface area contributed by atoms with E-state index in [2.05, 4.69) is 15.6 Å². The van der Waals surface area contributed by atoms with E-state index in [0.29, 0.717) is 13.1 Å². The summed E-state index contributed by atoms with van der Waals surface area (Å²) in [4.78, 5) is 15.9. The molecule has 2 amide bonds. The number of rotatable bonds is 7. The quantitative estimate of drug-likeness (QED) is 0.663. The van der Waals surface area contributed by atoms with Crippen LogP contribution < -0.4 is 10.6 Å². The van der Waals surface area contributed by atoms with Gasteiger partial charge in [0.1, 0.15) is 0 Å². The van der Waals surface area contributed by atoms with Gasteiger partial charge in [-0.25, -0.2) is 9.78 Å². The number of nitrogens with one attached hydrogen (secondary N) is 2. The molecule has 1 aromatic heterocycles. The van der Waals surface area contributed by atoms with Crippen molar-refractivity contribution in [1.82, 2.24) is 15.6 Å².